The lowest BCUT2D eigenvalue weighted by Gasteiger charge is -2.18. The van der Waals surface area contributed by atoms with Crippen LogP contribution >= 0.6 is 0 Å². The number of hydrogen-bond acceptors (Lipinski definition) is 3. The Hall–Kier alpha value is -1.36. The number of carbonyl (C=O) groups is 1. The molecule has 5 heteroatoms. The van der Waals surface area contributed by atoms with E-state index in [2.05, 4.69) is 20.6 Å². The molecule has 1 amide bonds. The molecular weight excluding hydrogens is 180 g/mol. The van der Waals surface area contributed by atoms with Crippen molar-refractivity contribution in [2.45, 2.75) is 32.0 Å². The van der Waals surface area contributed by atoms with Crippen LogP contribution in [0.5, 0.6) is 0 Å². The molecule has 0 unspecified atom stereocenters. The SMILES string of the molecule is CC1(C)NC(=O)[C@H](Cc2cnc[nH]2)N1. The first kappa shape index (κ1) is 9.21. The predicted molar refractivity (Wildman–Crippen MR) is 51.4 cm³/mol. The van der Waals surface area contributed by atoms with Crippen molar-refractivity contribution in [3.63, 3.8) is 0 Å². The minimum atomic E-state index is -0.304. The maximum atomic E-state index is 11.5. The van der Waals surface area contributed by atoms with Gasteiger partial charge in [-0.15, -0.1) is 0 Å². The fourth-order valence-corrected chi connectivity index (χ4v) is 1.69. The summed E-state index contributed by atoms with van der Waals surface area (Å²) in [5.74, 6) is 0.0459. The Labute approximate surface area is 82.3 Å². The topological polar surface area (TPSA) is 69.8 Å². The molecule has 0 radical (unpaired) electrons. The highest BCUT2D eigenvalue weighted by molar-refractivity contribution is 5.85. The number of H-pyrrole nitrogens is 1. The predicted octanol–water partition coefficient (Wildman–Crippen LogP) is -0.224. The summed E-state index contributed by atoms with van der Waals surface area (Å²) in [5.41, 5.74) is 0.664. The van der Waals surface area contributed by atoms with Crippen molar-refractivity contribution in [2.24, 2.45) is 0 Å². The lowest BCUT2D eigenvalue weighted by Crippen LogP contribution is -2.44. The lowest BCUT2D eigenvalue weighted by atomic mass is 10.1. The maximum Gasteiger partial charge on any atom is 0.239 e. The van der Waals surface area contributed by atoms with E-state index in [9.17, 15) is 4.79 Å². The number of rotatable bonds is 2. The first-order valence-corrected chi connectivity index (χ1v) is 4.64. The zero-order chi connectivity index (χ0) is 10.2. The number of hydrogen-bond donors (Lipinski definition) is 3. The quantitative estimate of drug-likeness (QED) is 0.609. The first-order chi connectivity index (χ1) is 6.57. The largest absolute Gasteiger partial charge is 0.348 e. The molecule has 1 aromatic rings. The van der Waals surface area contributed by atoms with Crippen molar-refractivity contribution in [1.29, 1.82) is 0 Å². The van der Waals surface area contributed by atoms with Crippen molar-refractivity contribution >= 4 is 5.91 Å². The molecule has 1 atom stereocenters. The van der Waals surface area contributed by atoms with Crippen LogP contribution in [0.15, 0.2) is 12.5 Å². The van der Waals surface area contributed by atoms with Crippen molar-refractivity contribution in [1.82, 2.24) is 20.6 Å². The van der Waals surface area contributed by atoms with Gasteiger partial charge >= 0.3 is 0 Å². The van der Waals surface area contributed by atoms with Crippen LogP contribution < -0.4 is 10.6 Å². The van der Waals surface area contributed by atoms with Crippen molar-refractivity contribution in [3.8, 4) is 0 Å². The molecule has 0 saturated carbocycles. The van der Waals surface area contributed by atoms with Crippen molar-refractivity contribution in [2.75, 3.05) is 0 Å². The molecule has 1 saturated heterocycles. The summed E-state index contributed by atoms with van der Waals surface area (Å²) >= 11 is 0. The van der Waals surface area contributed by atoms with Gasteiger partial charge in [0, 0.05) is 18.3 Å². The Kier molecular flexibility index (Phi) is 2.03. The molecular formula is C9H14N4O. The van der Waals surface area contributed by atoms with Crippen LogP contribution in [0.1, 0.15) is 19.5 Å². The van der Waals surface area contributed by atoms with Crippen LogP contribution in [0, 0.1) is 0 Å². The molecule has 14 heavy (non-hydrogen) atoms. The van der Waals surface area contributed by atoms with E-state index in [0.29, 0.717) is 6.42 Å². The lowest BCUT2D eigenvalue weighted by molar-refractivity contribution is -0.120. The second-order valence-electron chi connectivity index (χ2n) is 4.09. The minimum absolute atomic E-state index is 0.0459. The van der Waals surface area contributed by atoms with Crippen LogP contribution in [0.3, 0.4) is 0 Å². The van der Waals surface area contributed by atoms with E-state index in [4.69, 9.17) is 0 Å². The second-order valence-corrected chi connectivity index (χ2v) is 4.09. The molecule has 3 N–H and O–H groups in total. The van der Waals surface area contributed by atoms with E-state index in [1.54, 1.807) is 12.5 Å². The van der Waals surface area contributed by atoms with Crippen LogP contribution in [0.2, 0.25) is 0 Å². The average Bonchev–Trinajstić information content (AvgIpc) is 2.61. The summed E-state index contributed by atoms with van der Waals surface area (Å²) < 4.78 is 0. The molecule has 0 aromatic carbocycles. The molecule has 1 aromatic heterocycles. The van der Waals surface area contributed by atoms with Gasteiger partial charge in [-0.1, -0.05) is 0 Å². The van der Waals surface area contributed by atoms with Gasteiger partial charge in [-0.2, -0.15) is 0 Å². The van der Waals surface area contributed by atoms with Gasteiger partial charge in [-0.05, 0) is 13.8 Å². The van der Waals surface area contributed by atoms with E-state index in [1.165, 1.54) is 0 Å². The Morgan fingerprint density at radius 1 is 1.57 bits per heavy atom. The highest BCUT2D eigenvalue weighted by Gasteiger charge is 2.36. The Morgan fingerprint density at radius 2 is 2.36 bits per heavy atom. The Morgan fingerprint density at radius 3 is 2.86 bits per heavy atom. The number of aromatic amines is 1. The number of aromatic nitrogens is 2. The zero-order valence-corrected chi connectivity index (χ0v) is 8.29. The standard InChI is InChI=1S/C9H14N4O/c1-9(2)12-7(8(14)13-9)3-6-4-10-5-11-6/h4-5,7,12H,3H2,1-2H3,(H,10,11)(H,13,14)/t7-/m0/s1. The zero-order valence-electron chi connectivity index (χ0n) is 8.29. The van der Waals surface area contributed by atoms with Crippen LogP contribution in [-0.2, 0) is 11.2 Å². The number of nitrogens with one attached hydrogen (secondary N) is 3. The molecule has 2 heterocycles. The summed E-state index contributed by atoms with van der Waals surface area (Å²) in [7, 11) is 0. The first-order valence-electron chi connectivity index (χ1n) is 4.64. The van der Waals surface area contributed by atoms with Crippen LogP contribution in [0.4, 0.5) is 0 Å². The second kappa shape index (κ2) is 3.09. The molecule has 1 aliphatic heterocycles. The molecule has 5 nitrogen and oxygen atoms in total. The number of imidazole rings is 1. The average molecular weight is 194 g/mol. The van der Waals surface area contributed by atoms with Gasteiger partial charge in [0.25, 0.3) is 0 Å². The summed E-state index contributed by atoms with van der Waals surface area (Å²) in [4.78, 5) is 18.4. The summed E-state index contributed by atoms with van der Waals surface area (Å²) in [6.07, 6.45) is 4.00. The highest BCUT2D eigenvalue weighted by atomic mass is 16.2. The van der Waals surface area contributed by atoms with E-state index in [0.717, 1.165) is 5.69 Å². The number of carbonyl (C=O) groups excluding carboxylic acids is 1. The molecule has 0 aliphatic carbocycles. The van der Waals surface area contributed by atoms with Crippen molar-refractivity contribution in [3.05, 3.63) is 18.2 Å². The smallest absolute Gasteiger partial charge is 0.239 e. The number of nitrogens with zero attached hydrogens (tertiary/aromatic N) is 1. The third-order valence-corrected chi connectivity index (χ3v) is 2.27. The summed E-state index contributed by atoms with van der Waals surface area (Å²) in [6.45, 7) is 3.88. The van der Waals surface area contributed by atoms with E-state index >= 15 is 0 Å². The monoisotopic (exact) mass is 194 g/mol. The third kappa shape index (κ3) is 1.77. The molecule has 76 valence electrons. The Bertz CT molecular complexity index is 331. The van der Waals surface area contributed by atoms with Gasteiger partial charge in [-0.3, -0.25) is 10.1 Å². The molecule has 0 spiro atoms. The molecule has 0 bridgehead atoms. The fraction of sp³-hybridized carbons (Fsp3) is 0.556. The van der Waals surface area contributed by atoms with Gasteiger partial charge in [0.2, 0.25) is 5.91 Å². The van der Waals surface area contributed by atoms with Gasteiger partial charge in [0.15, 0.2) is 0 Å². The van der Waals surface area contributed by atoms with Gasteiger partial charge in [0.1, 0.15) is 0 Å². The van der Waals surface area contributed by atoms with Gasteiger partial charge in [0.05, 0.1) is 18.0 Å². The Balaban J connectivity index is 2.03. The maximum absolute atomic E-state index is 11.5. The van der Waals surface area contributed by atoms with E-state index < -0.39 is 0 Å². The summed E-state index contributed by atoms with van der Waals surface area (Å²) in [6, 6.07) is -0.162. The van der Waals surface area contributed by atoms with E-state index in [-0.39, 0.29) is 17.6 Å². The molecule has 1 fully saturated rings. The van der Waals surface area contributed by atoms with Crippen LogP contribution in [-0.4, -0.2) is 27.6 Å². The van der Waals surface area contributed by atoms with Crippen LogP contribution in [0.25, 0.3) is 0 Å². The van der Waals surface area contributed by atoms with Gasteiger partial charge < -0.3 is 10.3 Å². The highest BCUT2D eigenvalue weighted by Crippen LogP contribution is 2.11. The normalized spacial score (nSPS) is 25.0. The third-order valence-electron chi connectivity index (χ3n) is 2.27. The molecule has 2 rings (SSSR count). The fourth-order valence-electron chi connectivity index (χ4n) is 1.69. The summed E-state index contributed by atoms with van der Waals surface area (Å²) in [5, 5.41) is 6.08. The molecule has 1 aliphatic rings. The van der Waals surface area contributed by atoms with Crippen molar-refractivity contribution < 1.29 is 4.79 Å². The number of amides is 1. The van der Waals surface area contributed by atoms with E-state index in [1.807, 2.05) is 13.8 Å². The minimum Gasteiger partial charge on any atom is -0.348 e. The van der Waals surface area contributed by atoms with Gasteiger partial charge in [-0.25, -0.2) is 4.98 Å².